The molecule has 0 aliphatic rings. The molecule has 0 spiro atoms. The number of hydrogen-bond donors (Lipinski definition) is 3. The number of rotatable bonds is 6. The molecule has 2 amide bonds. The summed E-state index contributed by atoms with van der Waals surface area (Å²) < 4.78 is 1.77. The molecule has 0 aliphatic carbocycles. The standard InChI is InChI=1S/C24H25N7O/c1-16-6-4-8-20(10-16)27-24(32)28-21-9-5-7-19(12-21)13-26-22-14-25-15-23(29-22)31-18(3)11-17(2)30-31/h4-12,14-15H,13H2,1-3H3,(H,26,29)(H2,27,28,32). The number of benzene rings is 2. The Morgan fingerprint density at radius 3 is 2.41 bits per heavy atom. The molecule has 0 bridgehead atoms. The van der Waals surface area contributed by atoms with Gasteiger partial charge in [0.25, 0.3) is 0 Å². The zero-order valence-electron chi connectivity index (χ0n) is 18.3. The zero-order valence-corrected chi connectivity index (χ0v) is 18.3. The second-order valence-corrected chi connectivity index (χ2v) is 7.60. The number of carbonyl (C=O) groups is 1. The van der Waals surface area contributed by atoms with Crippen molar-refractivity contribution in [3.05, 3.63) is 89.5 Å². The summed E-state index contributed by atoms with van der Waals surface area (Å²) in [7, 11) is 0. The molecule has 0 aliphatic heterocycles. The fourth-order valence-corrected chi connectivity index (χ4v) is 3.37. The average molecular weight is 428 g/mol. The minimum Gasteiger partial charge on any atom is -0.365 e. The van der Waals surface area contributed by atoms with E-state index in [0.29, 0.717) is 23.9 Å². The summed E-state index contributed by atoms with van der Waals surface area (Å²) in [6.07, 6.45) is 3.36. The van der Waals surface area contributed by atoms with Crippen molar-refractivity contribution in [1.82, 2.24) is 19.7 Å². The first-order valence-corrected chi connectivity index (χ1v) is 10.3. The van der Waals surface area contributed by atoms with E-state index in [1.165, 1.54) is 0 Å². The van der Waals surface area contributed by atoms with E-state index in [9.17, 15) is 4.79 Å². The first kappa shape index (κ1) is 21.0. The lowest BCUT2D eigenvalue weighted by Gasteiger charge is -2.11. The highest BCUT2D eigenvalue weighted by Crippen LogP contribution is 2.15. The van der Waals surface area contributed by atoms with Gasteiger partial charge in [0.15, 0.2) is 5.82 Å². The molecule has 0 saturated heterocycles. The minimum absolute atomic E-state index is 0.288. The normalized spacial score (nSPS) is 10.6. The maximum atomic E-state index is 12.3. The molecule has 0 fully saturated rings. The third-order valence-corrected chi connectivity index (χ3v) is 4.78. The number of aryl methyl sites for hydroxylation is 3. The van der Waals surface area contributed by atoms with Gasteiger partial charge in [-0.15, -0.1) is 0 Å². The van der Waals surface area contributed by atoms with Gasteiger partial charge >= 0.3 is 6.03 Å². The van der Waals surface area contributed by atoms with E-state index in [-0.39, 0.29) is 6.03 Å². The van der Waals surface area contributed by atoms with Crippen LogP contribution in [0.1, 0.15) is 22.5 Å². The van der Waals surface area contributed by atoms with Gasteiger partial charge < -0.3 is 16.0 Å². The van der Waals surface area contributed by atoms with Gasteiger partial charge in [-0.25, -0.2) is 14.5 Å². The van der Waals surface area contributed by atoms with Crippen LogP contribution in [-0.2, 0) is 6.54 Å². The summed E-state index contributed by atoms with van der Waals surface area (Å²) in [6, 6.07) is 17.0. The van der Waals surface area contributed by atoms with Crippen molar-refractivity contribution in [2.45, 2.75) is 27.3 Å². The molecular weight excluding hydrogens is 402 g/mol. The van der Waals surface area contributed by atoms with Gasteiger partial charge in [-0.05, 0) is 62.2 Å². The molecule has 0 atom stereocenters. The van der Waals surface area contributed by atoms with Crippen LogP contribution in [0.15, 0.2) is 67.0 Å². The van der Waals surface area contributed by atoms with Gasteiger partial charge in [0.2, 0.25) is 0 Å². The number of nitrogens with zero attached hydrogens (tertiary/aromatic N) is 4. The largest absolute Gasteiger partial charge is 0.365 e. The van der Waals surface area contributed by atoms with Crippen LogP contribution in [0, 0.1) is 20.8 Å². The van der Waals surface area contributed by atoms with Crippen LogP contribution in [0.2, 0.25) is 0 Å². The van der Waals surface area contributed by atoms with E-state index in [4.69, 9.17) is 0 Å². The second kappa shape index (κ2) is 9.30. The molecule has 8 nitrogen and oxygen atoms in total. The van der Waals surface area contributed by atoms with E-state index < -0.39 is 0 Å². The van der Waals surface area contributed by atoms with Gasteiger partial charge in [-0.3, -0.25) is 4.98 Å². The maximum absolute atomic E-state index is 12.3. The summed E-state index contributed by atoms with van der Waals surface area (Å²) in [5.41, 5.74) is 5.46. The SMILES string of the molecule is Cc1cccc(NC(=O)Nc2cccc(CNc3cncc(-n4nc(C)cc4C)n3)c2)c1. The van der Waals surface area contributed by atoms with E-state index in [1.807, 2.05) is 75.4 Å². The number of hydrogen-bond acceptors (Lipinski definition) is 5. The molecule has 2 heterocycles. The average Bonchev–Trinajstić information content (AvgIpc) is 3.10. The molecule has 4 aromatic rings. The Hall–Kier alpha value is -4.20. The van der Waals surface area contributed by atoms with Gasteiger partial charge in [-0.2, -0.15) is 5.10 Å². The minimum atomic E-state index is -0.288. The number of amides is 2. The first-order valence-electron chi connectivity index (χ1n) is 10.3. The molecule has 0 saturated carbocycles. The van der Waals surface area contributed by atoms with Crippen LogP contribution in [0.4, 0.5) is 22.0 Å². The number of nitrogens with one attached hydrogen (secondary N) is 3. The van der Waals surface area contributed by atoms with Gasteiger partial charge in [0, 0.05) is 23.6 Å². The van der Waals surface area contributed by atoms with E-state index in [2.05, 4.69) is 31.0 Å². The Balaban J connectivity index is 1.38. The Labute approximate surface area is 186 Å². The van der Waals surface area contributed by atoms with Crippen molar-refractivity contribution in [2.24, 2.45) is 0 Å². The molecular formula is C24H25N7O. The molecule has 32 heavy (non-hydrogen) atoms. The quantitative estimate of drug-likeness (QED) is 0.409. The molecule has 0 unspecified atom stereocenters. The Morgan fingerprint density at radius 2 is 1.69 bits per heavy atom. The molecule has 0 radical (unpaired) electrons. The van der Waals surface area contributed by atoms with Crippen LogP contribution in [0.5, 0.6) is 0 Å². The molecule has 8 heteroatoms. The van der Waals surface area contributed by atoms with Crippen LogP contribution < -0.4 is 16.0 Å². The first-order chi connectivity index (χ1) is 15.5. The third-order valence-electron chi connectivity index (χ3n) is 4.78. The number of anilines is 3. The van der Waals surface area contributed by atoms with Crippen LogP contribution in [-0.4, -0.2) is 25.8 Å². The zero-order chi connectivity index (χ0) is 22.5. The van der Waals surface area contributed by atoms with Crippen LogP contribution >= 0.6 is 0 Å². The third kappa shape index (κ3) is 5.28. The van der Waals surface area contributed by atoms with E-state index >= 15 is 0 Å². The second-order valence-electron chi connectivity index (χ2n) is 7.60. The fraction of sp³-hybridized carbons (Fsp3) is 0.167. The highest BCUT2D eigenvalue weighted by atomic mass is 16.2. The van der Waals surface area contributed by atoms with Crippen molar-refractivity contribution in [2.75, 3.05) is 16.0 Å². The predicted octanol–water partition coefficient (Wildman–Crippen LogP) is 4.84. The summed E-state index contributed by atoms with van der Waals surface area (Å²) >= 11 is 0. The topological polar surface area (TPSA) is 96.8 Å². The molecule has 2 aromatic carbocycles. The number of carbonyl (C=O) groups excluding carboxylic acids is 1. The van der Waals surface area contributed by atoms with Crippen LogP contribution in [0.25, 0.3) is 5.82 Å². The van der Waals surface area contributed by atoms with Crippen molar-refractivity contribution in [3.63, 3.8) is 0 Å². The molecule has 4 rings (SSSR count). The Morgan fingerprint density at radius 1 is 0.938 bits per heavy atom. The van der Waals surface area contributed by atoms with Gasteiger partial charge in [-0.1, -0.05) is 24.3 Å². The molecule has 162 valence electrons. The Bertz CT molecular complexity index is 1250. The van der Waals surface area contributed by atoms with Gasteiger partial charge in [0.05, 0.1) is 18.1 Å². The van der Waals surface area contributed by atoms with E-state index in [1.54, 1.807) is 17.1 Å². The fourth-order valence-electron chi connectivity index (χ4n) is 3.37. The lowest BCUT2D eigenvalue weighted by Crippen LogP contribution is -2.19. The Kier molecular flexibility index (Phi) is 6.12. The molecule has 2 aromatic heterocycles. The van der Waals surface area contributed by atoms with Crippen molar-refractivity contribution >= 4 is 23.2 Å². The maximum Gasteiger partial charge on any atom is 0.323 e. The lowest BCUT2D eigenvalue weighted by atomic mass is 10.2. The number of urea groups is 1. The summed E-state index contributed by atoms with van der Waals surface area (Å²) in [4.78, 5) is 21.2. The molecule has 3 N–H and O–H groups in total. The van der Waals surface area contributed by atoms with Crippen molar-refractivity contribution in [3.8, 4) is 5.82 Å². The lowest BCUT2D eigenvalue weighted by molar-refractivity contribution is 0.262. The van der Waals surface area contributed by atoms with E-state index in [0.717, 1.165) is 28.2 Å². The smallest absolute Gasteiger partial charge is 0.323 e. The summed E-state index contributed by atoms with van der Waals surface area (Å²) in [6.45, 7) is 6.44. The summed E-state index contributed by atoms with van der Waals surface area (Å²) in [5, 5.41) is 13.4. The van der Waals surface area contributed by atoms with Gasteiger partial charge in [0.1, 0.15) is 5.82 Å². The highest BCUT2D eigenvalue weighted by molar-refractivity contribution is 5.99. The highest BCUT2D eigenvalue weighted by Gasteiger charge is 2.07. The predicted molar refractivity (Wildman–Crippen MR) is 126 cm³/mol. The van der Waals surface area contributed by atoms with Crippen molar-refractivity contribution in [1.29, 1.82) is 0 Å². The van der Waals surface area contributed by atoms with Crippen molar-refractivity contribution < 1.29 is 4.79 Å². The monoisotopic (exact) mass is 427 g/mol. The summed E-state index contributed by atoms with van der Waals surface area (Å²) in [5.74, 6) is 1.30. The number of aromatic nitrogens is 4. The van der Waals surface area contributed by atoms with Crippen LogP contribution in [0.3, 0.4) is 0 Å².